The summed E-state index contributed by atoms with van der Waals surface area (Å²) in [7, 11) is 7.51. The van der Waals surface area contributed by atoms with Crippen molar-refractivity contribution in [3.8, 4) is 17.2 Å². The first-order chi connectivity index (χ1) is 18.9. The zero-order valence-corrected chi connectivity index (χ0v) is 23.2. The number of ether oxygens (including phenoxy) is 2. The molecule has 0 atom stereocenters. The van der Waals surface area contributed by atoms with Gasteiger partial charge in [-0.1, -0.05) is 19.6 Å². The van der Waals surface area contributed by atoms with E-state index in [1.54, 1.807) is 43.6 Å². The number of aromatic nitrogens is 1. The van der Waals surface area contributed by atoms with Gasteiger partial charge in [-0.25, -0.2) is 0 Å². The zero-order valence-electron chi connectivity index (χ0n) is 23.2. The predicted molar refractivity (Wildman–Crippen MR) is 158 cm³/mol. The summed E-state index contributed by atoms with van der Waals surface area (Å²) in [6.07, 6.45) is 8.14. The molecule has 0 saturated carbocycles. The van der Waals surface area contributed by atoms with Crippen LogP contribution in [0.4, 0.5) is 5.69 Å². The maximum absolute atomic E-state index is 12.5. The van der Waals surface area contributed by atoms with Crippen LogP contribution in [0, 0.1) is 0 Å². The number of rotatable bonds is 11. The second kappa shape index (κ2) is 16.4. The summed E-state index contributed by atoms with van der Waals surface area (Å²) in [5, 5.41) is 6.84. The van der Waals surface area contributed by atoms with Gasteiger partial charge in [0.15, 0.2) is 0 Å². The Morgan fingerprint density at radius 2 is 1.87 bits per heavy atom. The van der Waals surface area contributed by atoms with Gasteiger partial charge in [0, 0.05) is 43.9 Å². The van der Waals surface area contributed by atoms with Crippen molar-refractivity contribution in [3.05, 3.63) is 79.0 Å². The number of aldehydes is 1. The average molecular weight is 532 g/mol. The quantitative estimate of drug-likeness (QED) is 0.153. The molecule has 3 aromatic rings. The zero-order chi connectivity index (χ0) is 28.6. The molecule has 1 amide bonds. The third kappa shape index (κ3) is 9.71. The summed E-state index contributed by atoms with van der Waals surface area (Å²) in [4.78, 5) is 32.2. The Balaban J connectivity index is 0.00000124. The number of fused-ring (bicyclic) bond motifs is 1. The molecule has 0 unspecified atom stereocenters. The van der Waals surface area contributed by atoms with Crippen LogP contribution in [-0.4, -0.2) is 69.3 Å². The van der Waals surface area contributed by atoms with Crippen molar-refractivity contribution in [3.63, 3.8) is 0 Å². The van der Waals surface area contributed by atoms with E-state index in [0.29, 0.717) is 35.8 Å². The number of pyridine rings is 1. The fourth-order valence-corrected chi connectivity index (χ4v) is 3.28. The molecule has 2 N–H and O–H groups in total. The fraction of sp³-hybridized carbons (Fsp3) is 0.267. The van der Waals surface area contributed by atoms with Gasteiger partial charge in [0.1, 0.15) is 36.0 Å². The highest BCUT2D eigenvalue weighted by atomic mass is 16.5. The molecule has 0 aliphatic rings. The van der Waals surface area contributed by atoms with Crippen molar-refractivity contribution in [2.24, 2.45) is 4.99 Å². The monoisotopic (exact) mass is 531 g/mol. The Labute approximate surface area is 230 Å². The normalized spacial score (nSPS) is 11.1. The number of hydrogen-bond donors (Lipinski definition) is 2. The third-order valence-corrected chi connectivity index (χ3v) is 5.30. The first-order valence-corrected chi connectivity index (χ1v) is 12.5. The number of carbonyl (C=O) groups excluding carboxylic acids is 2. The fourth-order valence-electron chi connectivity index (χ4n) is 3.28. The van der Waals surface area contributed by atoms with Crippen LogP contribution in [0.15, 0.2) is 78.5 Å². The number of nitrogens with zero attached hydrogens (tertiary/aromatic N) is 3. The number of allylic oxidation sites excluding steroid dienone is 2. The SMILES string of the molecule is C=CC=O.CC/C=C\C(=NC)NC(=O)c1ccc(Oc2ccnc3cc(OCCN(C)C)c(NC)cc23)cc1. The molecule has 206 valence electrons. The third-order valence-electron chi connectivity index (χ3n) is 5.30. The van der Waals surface area contributed by atoms with Crippen LogP contribution >= 0.6 is 0 Å². The minimum atomic E-state index is -0.229. The van der Waals surface area contributed by atoms with Gasteiger partial charge >= 0.3 is 0 Å². The molecule has 39 heavy (non-hydrogen) atoms. The summed E-state index contributed by atoms with van der Waals surface area (Å²) < 4.78 is 12.1. The van der Waals surface area contributed by atoms with E-state index in [1.807, 2.05) is 52.3 Å². The van der Waals surface area contributed by atoms with Crippen molar-refractivity contribution in [2.75, 3.05) is 46.7 Å². The highest BCUT2D eigenvalue weighted by Gasteiger charge is 2.12. The van der Waals surface area contributed by atoms with E-state index in [2.05, 4.69) is 32.1 Å². The lowest BCUT2D eigenvalue weighted by Gasteiger charge is -2.16. The van der Waals surface area contributed by atoms with Crippen LogP contribution in [0.5, 0.6) is 17.2 Å². The first kappa shape index (κ1) is 30.7. The van der Waals surface area contributed by atoms with Gasteiger partial charge in [-0.05, 0) is 69.1 Å². The molecular weight excluding hydrogens is 494 g/mol. The number of carbonyl (C=O) groups is 2. The van der Waals surface area contributed by atoms with Crippen LogP contribution in [0.3, 0.4) is 0 Å². The number of benzene rings is 2. The van der Waals surface area contributed by atoms with E-state index in [0.717, 1.165) is 35.3 Å². The molecule has 0 aliphatic heterocycles. The Bertz CT molecular complexity index is 1290. The minimum Gasteiger partial charge on any atom is -0.490 e. The van der Waals surface area contributed by atoms with Crippen molar-refractivity contribution in [1.29, 1.82) is 0 Å². The topological polar surface area (TPSA) is 105 Å². The Morgan fingerprint density at radius 3 is 2.46 bits per heavy atom. The van der Waals surface area contributed by atoms with Crippen molar-refractivity contribution < 1.29 is 19.1 Å². The van der Waals surface area contributed by atoms with Crippen LogP contribution in [-0.2, 0) is 4.79 Å². The van der Waals surface area contributed by atoms with Gasteiger partial charge in [-0.2, -0.15) is 0 Å². The second-order valence-corrected chi connectivity index (χ2v) is 8.45. The molecule has 3 rings (SSSR count). The second-order valence-electron chi connectivity index (χ2n) is 8.45. The predicted octanol–water partition coefficient (Wildman–Crippen LogP) is 5.10. The molecular formula is C30H37N5O4. The summed E-state index contributed by atoms with van der Waals surface area (Å²) >= 11 is 0. The van der Waals surface area contributed by atoms with E-state index < -0.39 is 0 Å². The number of anilines is 1. The Morgan fingerprint density at radius 1 is 1.15 bits per heavy atom. The number of amides is 1. The number of aliphatic imine (C=N–C) groups is 1. The van der Waals surface area contributed by atoms with E-state index in [-0.39, 0.29) is 5.91 Å². The van der Waals surface area contributed by atoms with Gasteiger partial charge in [-0.3, -0.25) is 19.6 Å². The van der Waals surface area contributed by atoms with Crippen molar-refractivity contribution in [2.45, 2.75) is 13.3 Å². The average Bonchev–Trinajstić information content (AvgIpc) is 2.95. The van der Waals surface area contributed by atoms with Gasteiger partial charge in [-0.15, -0.1) is 0 Å². The standard InChI is InChI=1S/C27H33N5O3.C3H4O/c1-6-7-8-26(29-3)31-27(33)19-9-11-20(12-10-19)35-24-13-14-30-22-18-25(34-16-15-32(4)5)23(28-2)17-21(22)24;1-2-3-4/h7-14,17-18,28H,6,15-16H2,1-5H3,(H,29,31,33);2-3H,1H2/b8-7-;. The first-order valence-electron chi connectivity index (χ1n) is 12.5. The van der Waals surface area contributed by atoms with Gasteiger partial charge in [0.2, 0.25) is 0 Å². The Hall–Kier alpha value is -4.50. The van der Waals surface area contributed by atoms with E-state index in [9.17, 15) is 4.79 Å². The molecule has 0 aliphatic carbocycles. The molecule has 2 aromatic carbocycles. The summed E-state index contributed by atoms with van der Waals surface area (Å²) in [6, 6.07) is 12.7. The van der Waals surface area contributed by atoms with E-state index >= 15 is 0 Å². The number of hydrogen-bond acceptors (Lipinski definition) is 8. The molecule has 0 bridgehead atoms. The molecule has 0 saturated heterocycles. The van der Waals surface area contributed by atoms with Crippen LogP contribution in [0.2, 0.25) is 0 Å². The van der Waals surface area contributed by atoms with E-state index in [4.69, 9.17) is 14.3 Å². The number of likely N-dealkylation sites (N-methyl/N-ethyl adjacent to an activating group) is 1. The number of amidine groups is 1. The molecule has 0 spiro atoms. The molecule has 9 nitrogen and oxygen atoms in total. The van der Waals surface area contributed by atoms with Gasteiger partial charge in [0.05, 0.1) is 11.2 Å². The molecule has 0 radical (unpaired) electrons. The molecule has 1 aromatic heterocycles. The van der Waals surface area contributed by atoms with Gasteiger partial charge < -0.3 is 25.0 Å². The highest BCUT2D eigenvalue weighted by molar-refractivity contribution is 6.10. The maximum atomic E-state index is 12.5. The maximum Gasteiger partial charge on any atom is 0.256 e. The molecule has 9 heteroatoms. The van der Waals surface area contributed by atoms with Crippen molar-refractivity contribution >= 4 is 34.6 Å². The number of nitrogens with one attached hydrogen (secondary N) is 2. The smallest absolute Gasteiger partial charge is 0.256 e. The van der Waals surface area contributed by atoms with Crippen molar-refractivity contribution in [1.82, 2.24) is 15.2 Å². The summed E-state index contributed by atoms with van der Waals surface area (Å²) in [5.74, 6) is 2.31. The van der Waals surface area contributed by atoms with Crippen LogP contribution in [0.1, 0.15) is 23.7 Å². The lowest BCUT2D eigenvalue weighted by Crippen LogP contribution is -2.29. The summed E-state index contributed by atoms with van der Waals surface area (Å²) in [5.41, 5.74) is 2.13. The summed E-state index contributed by atoms with van der Waals surface area (Å²) in [6.45, 7) is 6.52. The largest absolute Gasteiger partial charge is 0.490 e. The van der Waals surface area contributed by atoms with Gasteiger partial charge in [0.25, 0.3) is 5.91 Å². The van der Waals surface area contributed by atoms with Crippen LogP contribution in [0.25, 0.3) is 10.9 Å². The highest BCUT2D eigenvalue weighted by Crippen LogP contribution is 2.35. The minimum absolute atomic E-state index is 0.229. The lowest BCUT2D eigenvalue weighted by atomic mass is 10.1. The Kier molecular flexibility index (Phi) is 12.9. The molecule has 1 heterocycles. The molecule has 0 fully saturated rings. The van der Waals surface area contributed by atoms with E-state index in [1.165, 1.54) is 6.08 Å². The lowest BCUT2D eigenvalue weighted by molar-refractivity contribution is -0.104. The van der Waals surface area contributed by atoms with Crippen LogP contribution < -0.4 is 20.1 Å².